The maximum Gasteiger partial charge on any atom is 0.137 e. The molecular formula is C17H19N3O. The average Bonchev–Trinajstić information content (AvgIpc) is 2.96. The summed E-state index contributed by atoms with van der Waals surface area (Å²) in [6.45, 7) is 3.38. The summed E-state index contributed by atoms with van der Waals surface area (Å²) < 4.78 is 7.61. The summed E-state index contributed by atoms with van der Waals surface area (Å²) in [4.78, 5) is 4.63. The number of imidazole rings is 1. The lowest BCUT2D eigenvalue weighted by Gasteiger charge is -2.04. The van der Waals surface area contributed by atoms with Crippen molar-refractivity contribution in [3.63, 3.8) is 0 Å². The van der Waals surface area contributed by atoms with Gasteiger partial charge in [-0.05, 0) is 42.3 Å². The van der Waals surface area contributed by atoms with E-state index in [1.165, 1.54) is 0 Å². The molecule has 0 atom stereocenters. The minimum Gasteiger partial charge on any atom is -0.494 e. The Labute approximate surface area is 124 Å². The number of rotatable bonds is 5. The molecule has 0 spiro atoms. The molecule has 0 radical (unpaired) electrons. The second kappa shape index (κ2) is 5.97. The molecule has 2 heterocycles. The van der Waals surface area contributed by atoms with Gasteiger partial charge in [0.25, 0.3) is 0 Å². The van der Waals surface area contributed by atoms with Crippen LogP contribution in [0.4, 0.5) is 0 Å². The predicted molar refractivity (Wildman–Crippen MR) is 84.3 cm³/mol. The van der Waals surface area contributed by atoms with Gasteiger partial charge in [0, 0.05) is 24.5 Å². The zero-order valence-electron chi connectivity index (χ0n) is 12.1. The van der Waals surface area contributed by atoms with Crippen LogP contribution in [0, 0.1) is 0 Å². The SMILES string of the molecule is CCCOc1ccc(-c2cn3cc(CN)ccc3n2)cc1. The van der Waals surface area contributed by atoms with Crippen LogP contribution in [-0.2, 0) is 6.54 Å². The van der Waals surface area contributed by atoms with Crippen LogP contribution in [0.5, 0.6) is 5.75 Å². The van der Waals surface area contributed by atoms with Crippen molar-refractivity contribution in [3.05, 3.63) is 54.4 Å². The van der Waals surface area contributed by atoms with Crippen LogP contribution in [0.1, 0.15) is 18.9 Å². The molecule has 2 aromatic heterocycles. The topological polar surface area (TPSA) is 52.5 Å². The van der Waals surface area contributed by atoms with Crippen LogP contribution in [0.2, 0.25) is 0 Å². The third kappa shape index (κ3) is 2.90. The molecule has 3 aromatic rings. The Hall–Kier alpha value is -2.33. The molecule has 0 unspecified atom stereocenters. The Bertz CT molecular complexity index is 731. The number of fused-ring (bicyclic) bond motifs is 1. The minimum absolute atomic E-state index is 0.535. The molecule has 4 nitrogen and oxygen atoms in total. The van der Waals surface area contributed by atoms with Gasteiger partial charge in [0.05, 0.1) is 12.3 Å². The van der Waals surface area contributed by atoms with Gasteiger partial charge in [0.2, 0.25) is 0 Å². The van der Waals surface area contributed by atoms with Gasteiger partial charge in [0.15, 0.2) is 0 Å². The summed E-state index contributed by atoms with van der Waals surface area (Å²) in [5.41, 5.74) is 9.72. The van der Waals surface area contributed by atoms with E-state index in [2.05, 4.69) is 11.9 Å². The molecule has 0 bridgehead atoms. The maximum atomic E-state index is 5.67. The molecule has 2 N–H and O–H groups in total. The van der Waals surface area contributed by atoms with Gasteiger partial charge in [-0.3, -0.25) is 0 Å². The van der Waals surface area contributed by atoms with E-state index in [1.807, 2.05) is 53.2 Å². The predicted octanol–water partition coefficient (Wildman–Crippen LogP) is 3.25. The lowest BCUT2D eigenvalue weighted by molar-refractivity contribution is 0.317. The van der Waals surface area contributed by atoms with Crippen molar-refractivity contribution < 1.29 is 4.74 Å². The van der Waals surface area contributed by atoms with Crippen molar-refractivity contribution in [3.8, 4) is 17.0 Å². The highest BCUT2D eigenvalue weighted by Gasteiger charge is 2.05. The quantitative estimate of drug-likeness (QED) is 0.781. The fourth-order valence-corrected chi connectivity index (χ4v) is 2.24. The molecule has 0 fully saturated rings. The number of aromatic nitrogens is 2. The van der Waals surface area contributed by atoms with E-state index in [-0.39, 0.29) is 0 Å². The second-order valence-electron chi connectivity index (χ2n) is 5.01. The number of pyridine rings is 1. The summed E-state index contributed by atoms with van der Waals surface area (Å²) in [6, 6.07) is 12.0. The maximum absolute atomic E-state index is 5.67. The number of benzene rings is 1. The summed E-state index contributed by atoms with van der Waals surface area (Å²) >= 11 is 0. The molecule has 0 aliphatic heterocycles. The highest BCUT2D eigenvalue weighted by molar-refractivity contribution is 5.63. The fraction of sp³-hybridized carbons (Fsp3) is 0.235. The molecule has 0 saturated heterocycles. The highest BCUT2D eigenvalue weighted by atomic mass is 16.5. The third-order valence-corrected chi connectivity index (χ3v) is 3.37. The summed E-state index contributed by atoms with van der Waals surface area (Å²) in [7, 11) is 0. The number of hydrogen-bond donors (Lipinski definition) is 1. The molecule has 4 heteroatoms. The first kappa shape index (κ1) is 13.6. The average molecular weight is 281 g/mol. The van der Waals surface area contributed by atoms with E-state index in [1.54, 1.807) is 0 Å². The number of nitrogens with zero attached hydrogens (tertiary/aromatic N) is 2. The van der Waals surface area contributed by atoms with E-state index in [0.29, 0.717) is 6.54 Å². The van der Waals surface area contributed by atoms with Crippen LogP contribution in [-0.4, -0.2) is 16.0 Å². The third-order valence-electron chi connectivity index (χ3n) is 3.37. The van der Waals surface area contributed by atoms with E-state index in [9.17, 15) is 0 Å². The first-order valence-corrected chi connectivity index (χ1v) is 7.21. The van der Waals surface area contributed by atoms with Gasteiger partial charge in [-0.2, -0.15) is 0 Å². The van der Waals surface area contributed by atoms with Gasteiger partial charge in [-0.25, -0.2) is 4.98 Å². The largest absolute Gasteiger partial charge is 0.494 e. The Morgan fingerprint density at radius 1 is 1.10 bits per heavy atom. The summed E-state index contributed by atoms with van der Waals surface area (Å²) in [5.74, 6) is 0.898. The van der Waals surface area contributed by atoms with Crippen LogP contribution < -0.4 is 10.5 Å². The normalized spacial score (nSPS) is 11.0. The number of ether oxygens (including phenoxy) is 1. The zero-order chi connectivity index (χ0) is 14.7. The highest BCUT2D eigenvalue weighted by Crippen LogP contribution is 2.22. The second-order valence-corrected chi connectivity index (χ2v) is 5.01. The smallest absolute Gasteiger partial charge is 0.137 e. The Morgan fingerprint density at radius 2 is 1.90 bits per heavy atom. The van der Waals surface area contributed by atoms with Crippen molar-refractivity contribution in [2.24, 2.45) is 5.73 Å². The van der Waals surface area contributed by atoms with E-state index >= 15 is 0 Å². The standard InChI is InChI=1S/C17H19N3O/c1-2-9-21-15-6-4-14(5-7-15)16-12-20-11-13(10-18)3-8-17(20)19-16/h3-8,11-12H,2,9-10,18H2,1H3. The van der Waals surface area contributed by atoms with Crippen molar-refractivity contribution >= 4 is 5.65 Å². The monoisotopic (exact) mass is 281 g/mol. The van der Waals surface area contributed by atoms with Crippen molar-refractivity contribution in [2.45, 2.75) is 19.9 Å². The van der Waals surface area contributed by atoms with E-state index in [4.69, 9.17) is 10.5 Å². The number of nitrogens with two attached hydrogens (primary N) is 1. The molecule has 0 amide bonds. The fourth-order valence-electron chi connectivity index (χ4n) is 2.24. The van der Waals surface area contributed by atoms with Gasteiger partial charge >= 0.3 is 0 Å². The lowest BCUT2D eigenvalue weighted by atomic mass is 10.2. The zero-order valence-corrected chi connectivity index (χ0v) is 12.1. The van der Waals surface area contributed by atoms with Gasteiger partial charge in [-0.1, -0.05) is 13.0 Å². The first-order valence-electron chi connectivity index (χ1n) is 7.21. The number of hydrogen-bond acceptors (Lipinski definition) is 3. The van der Waals surface area contributed by atoms with Crippen LogP contribution in [0.15, 0.2) is 48.8 Å². The molecule has 3 rings (SSSR count). The molecule has 0 aliphatic rings. The Morgan fingerprint density at radius 3 is 2.62 bits per heavy atom. The molecule has 21 heavy (non-hydrogen) atoms. The molecule has 0 saturated carbocycles. The van der Waals surface area contributed by atoms with Crippen LogP contribution in [0.3, 0.4) is 0 Å². The lowest BCUT2D eigenvalue weighted by Crippen LogP contribution is -1.97. The molecule has 1 aromatic carbocycles. The Balaban J connectivity index is 1.89. The molecular weight excluding hydrogens is 262 g/mol. The van der Waals surface area contributed by atoms with Crippen LogP contribution >= 0.6 is 0 Å². The van der Waals surface area contributed by atoms with Crippen molar-refractivity contribution in [1.29, 1.82) is 0 Å². The summed E-state index contributed by atoms with van der Waals surface area (Å²) in [6.07, 6.45) is 5.05. The van der Waals surface area contributed by atoms with Gasteiger partial charge in [-0.15, -0.1) is 0 Å². The van der Waals surface area contributed by atoms with E-state index < -0.39 is 0 Å². The summed E-state index contributed by atoms with van der Waals surface area (Å²) in [5, 5.41) is 0. The Kier molecular flexibility index (Phi) is 3.88. The van der Waals surface area contributed by atoms with Crippen molar-refractivity contribution in [2.75, 3.05) is 6.61 Å². The molecule has 0 aliphatic carbocycles. The first-order chi connectivity index (χ1) is 10.3. The van der Waals surface area contributed by atoms with Gasteiger partial charge in [0.1, 0.15) is 11.4 Å². The van der Waals surface area contributed by atoms with Crippen LogP contribution in [0.25, 0.3) is 16.9 Å². The van der Waals surface area contributed by atoms with Gasteiger partial charge < -0.3 is 14.9 Å². The van der Waals surface area contributed by atoms with Crippen molar-refractivity contribution in [1.82, 2.24) is 9.38 Å². The minimum atomic E-state index is 0.535. The molecule has 108 valence electrons. The van der Waals surface area contributed by atoms with E-state index in [0.717, 1.165) is 41.2 Å².